The van der Waals surface area contributed by atoms with E-state index in [0.717, 1.165) is 18.4 Å². The van der Waals surface area contributed by atoms with Crippen molar-refractivity contribution in [1.29, 1.82) is 0 Å². The molecule has 2 fully saturated rings. The fourth-order valence-corrected chi connectivity index (χ4v) is 4.27. The predicted octanol–water partition coefficient (Wildman–Crippen LogP) is 2.45. The first-order valence-electron chi connectivity index (χ1n) is 10.3. The second-order valence-electron chi connectivity index (χ2n) is 8.02. The Morgan fingerprint density at radius 1 is 1.28 bits per heavy atom. The van der Waals surface area contributed by atoms with Gasteiger partial charge in [0, 0.05) is 32.2 Å². The standard InChI is InChI=1S/C21H31ClN2O5/c1-3-28-20(26)23-9-6-16(7-10-23)24-11-8-19(25)21(27,13-24)14-29-18-12-15(2)4-5-17(18)22/h4-5,12,16,19,25,27H,3,6-11,13-14H2,1-2H3/t19-,21-/m0/s1. The number of halogens is 1. The molecular formula is C21H31ClN2O5. The summed E-state index contributed by atoms with van der Waals surface area (Å²) in [5.41, 5.74) is -0.362. The van der Waals surface area contributed by atoms with Crippen molar-refractivity contribution < 1.29 is 24.5 Å². The molecule has 7 nitrogen and oxygen atoms in total. The lowest BCUT2D eigenvalue weighted by Crippen LogP contribution is -2.62. The minimum Gasteiger partial charge on any atom is -0.489 e. The Labute approximate surface area is 177 Å². The van der Waals surface area contributed by atoms with Crippen LogP contribution in [0.25, 0.3) is 0 Å². The largest absolute Gasteiger partial charge is 0.489 e. The molecule has 3 rings (SSSR count). The fraction of sp³-hybridized carbons (Fsp3) is 0.667. The molecule has 2 heterocycles. The number of rotatable bonds is 5. The first kappa shape index (κ1) is 22.2. The normalized spacial score (nSPS) is 26.4. The van der Waals surface area contributed by atoms with Crippen molar-refractivity contribution in [1.82, 2.24) is 9.80 Å². The van der Waals surface area contributed by atoms with Crippen molar-refractivity contribution in [3.8, 4) is 5.75 Å². The average Bonchev–Trinajstić information content (AvgIpc) is 2.71. The number of ether oxygens (including phenoxy) is 2. The van der Waals surface area contributed by atoms with E-state index in [1.807, 2.05) is 19.1 Å². The van der Waals surface area contributed by atoms with E-state index in [2.05, 4.69) is 4.90 Å². The summed E-state index contributed by atoms with van der Waals surface area (Å²) >= 11 is 6.19. The number of benzene rings is 1. The van der Waals surface area contributed by atoms with Crippen molar-refractivity contribution in [2.75, 3.05) is 39.4 Å². The number of nitrogens with zero attached hydrogens (tertiary/aromatic N) is 2. The lowest BCUT2D eigenvalue weighted by Gasteiger charge is -2.47. The number of carbonyl (C=O) groups excluding carboxylic acids is 1. The average molecular weight is 427 g/mol. The molecule has 29 heavy (non-hydrogen) atoms. The minimum atomic E-state index is -1.37. The zero-order valence-corrected chi connectivity index (χ0v) is 17.9. The molecule has 2 atom stereocenters. The van der Waals surface area contributed by atoms with Gasteiger partial charge >= 0.3 is 6.09 Å². The molecule has 8 heteroatoms. The van der Waals surface area contributed by atoms with Gasteiger partial charge in [-0.05, 0) is 50.8 Å². The van der Waals surface area contributed by atoms with Crippen LogP contribution in [-0.4, -0.2) is 83.2 Å². The number of amides is 1. The van der Waals surface area contributed by atoms with Crippen LogP contribution in [0.5, 0.6) is 5.75 Å². The number of carbonyl (C=O) groups is 1. The summed E-state index contributed by atoms with van der Waals surface area (Å²) in [7, 11) is 0. The van der Waals surface area contributed by atoms with Gasteiger partial charge in [-0.3, -0.25) is 4.90 Å². The molecule has 2 aliphatic heterocycles. The lowest BCUT2D eigenvalue weighted by atomic mass is 9.88. The molecule has 162 valence electrons. The van der Waals surface area contributed by atoms with Crippen molar-refractivity contribution in [3.63, 3.8) is 0 Å². The van der Waals surface area contributed by atoms with Crippen LogP contribution < -0.4 is 4.74 Å². The van der Waals surface area contributed by atoms with Crippen LogP contribution in [0.2, 0.25) is 5.02 Å². The molecule has 0 aliphatic carbocycles. The van der Waals surface area contributed by atoms with E-state index in [0.29, 0.717) is 50.0 Å². The van der Waals surface area contributed by atoms with Crippen LogP contribution in [0.4, 0.5) is 4.79 Å². The smallest absolute Gasteiger partial charge is 0.409 e. The number of likely N-dealkylation sites (tertiary alicyclic amines) is 2. The second kappa shape index (κ2) is 9.51. The molecule has 0 spiro atoms. The summed E-state index contributed by atoms with van der Waals surface area (Å²) in [5.74, 6) is 0.507. The number of aliphatic hydroxyl groups excluding tert-OH is 1. The monoisotopic (exact) mass is 426 g/mol. The van der Waals surface area contributed by atoms with Crippen LogP contribution >= 0.6 is 11.6 Å². The number of aryl methyl sites for hydroxylation is 1. The highest BCUT2D eigenvalue weighted by Crippen LogP contribution is 2.30. The molecule has 0 aromatic heterocycles. The van der Waals surface area contributed by atoms with Crippen LogP contribution in [0.15, 0.2) is 18.2 Å². The van der Waals surface area contributed by atoms with E-state index in [9.17, 15) is 15.0 Å². The maximum atomic E-state index is 11.9. The Morgan fingerprint density at radius 2 is 2.00 bits per heavy atom. The third-order valence-electron chi connectivity index (χ3n) is 5.86. The van der Waals surface area contributed by atoms with Gasteiger partial charge in [-0.2, -0.15) is 0 Å². The van der Waals surface area contributed by atoms with E-state index in [-0.39, 0.29) is 18.7 Å². The highest BCUT2D eigenvalue weighted by molar-refractivity contribution is 6.32. The zero-order chi connectivity index (χ0) is 21.0. The number of hydrogen-bond donors (Lipinski definition) is 2. The number of hydrogen-bond acceptors (Lipinski definition) is 6. The maximum absolute atomic E-state index is 11.9. The van der Waals surface area contributed by atoms with Gasteiger partial charge in [0.25, 0.3) is 0 Å². The van der Waals surface area contributed by atoms with E-state index >= 15 is 0 Å². The molecule has 1 aromatic rings. The Morgan fingerprint density at radius 3 is 2.69 bits per heavy atom. The summed E-state index contributed by atoms with van der Waals surface area (Å²) < 4.78 is 10.9. The van der Waals surface area contributed by atoms with Gasteiger partial charge in [0.15, 0.2) is 0 Å². The van der Waals surface area contributed by atoms with Crippen molar-refractivity contribution in [2.45, 2.75) is 50.9 Å². The zero-order valence-electron chi connectivity index (χ0n) is 17.1. The number of piperidine rings is 2. The molecule has 1 aromatic carbocycles. The number of β-amino-alcohol motifs (C(OH)–C–C–N with tert-alkyl or cyclic N) is 1. The lowest BCUT2D eigenvalue weighted by molar-refractivity contribution is -0.147. The SMILES string of the molecule is CCOC(=O)N1CCC(N2CC[C@H](O)[C@@](O)(COc3cc(C)ccc3Cl)C2)CC1. The summed E-state index contributed by atoms with van der Waals surface area (Å²) in [5, 5.41) is 22.1. The Balaban J connectivity index is 1.58. The van der Waals surface area contributed by atoms with Crippen LogP contribution in [0.3, 0.4) is 0 Å². The summed E-state index contributed by atoms with van der Waals surface area (Å²) in [6, 6.07) is 5.73. The third-order valence-corrected chi connectivity index (χ3v) is 6.17. The maximum Gasteiger partial charge on any atom is 0.409 e. The van der Waals surface area contributed by atoms with Gasteiger partial charge < -0.3 is 24.6 Å². The second-order valence-corrected chi connectivity index (χ2v) is 8.43. The fourth-order valence-electron chi connectivity index (χ4n) is 4.10. The topological polar surface area (TPSA) is 82.5 Å². The first-order valence-corrected chi connectivity index (χ1v) is 10.7. The van der Waals surface area contributed by atoms with Gasteiger partial charge in [-0.1, -0.05) is 17.7 Å². The van der Waals surface area contributed by atoms with Crippen LogP contribution in [0.1, 0.15) is 31.7 Å². The molecule has 1 amide bonds. The summed E-state index contributed by atoms with van der Waals surface area (Å²) in [6.45, 7) is 6.39. The van der Waals surface area contributed by atoms with Gasteiger partial charge in [0.2, 0.25) is 0 Å². The minimum absolute atomic E-state index is 0.0322. The van der Waals surface area contributed by atoms with E-state index in [1.54, 1.807) is 17.9 Å². The van der Waals surface area contributed by atoms with Crippen molar-refractivity contribution in [3.05, 3.63) is 28.8 Å². The molecule has 0 unspecified atom stereocenters. The Kier molecular flexibility index (Phi) is 7.27. The van der Waals surface area contributed by atoms with Gasteiger partial charge in [-0.25, -0.2) is 4.79 Å². The molecule has 2 aliphatic rings. The molecule has 0 saturated carbocycles. The molecule has 0 bridgehead atoms. The highest BCUT2D eigenvalue weighted by Gasteiger charge is 2.44. The van der Waals surface area contributed by atoms with E-state index in [4.69, 9.17) is 21.1 Å². The van der Waals surface area contributed by atoms with E-state index in [1.165, 1.54) is 0 Å². The van der Waals surface area contributed by atoms with Crippen LogP contribution in [-0.2, 0) is 4.74 Å². The summed E-state index contributed by atoms with van der Waals surface area (Å²) in [4.78, 5) is 15.8. The summed E-state index contributed by atoms with van der Waals surface area (Å²) in [6.07, 6.45) is 0.979. The van der Waals surface area contributed by atoms with Gasteiger partial charge in [0.05, 0.1) is 17.7 Å². The Bertz CT molecular complexity index is 710. The van der Waals surface area contributed by atoms with Gasteiger partial charge in [0.1, 0.15) is 18.0 Å². The highest BCUT2D eigenvalue weighted by atomic mass is 35.5. The molecular weight excluding hydrogens is 396 g/mol. The van der Waals surface area contributed by atoms with Crippen molar-refractivity contribution >= 4 is 17.7 Å². The predicted molar refractivity (Wildman–Crippen MR) is 110 cm³/mol. The number of aliphatic hydroxyl groups is 2. The molecule has 2 N–H and O–H groups in total. The van der Waals surface area contributed by atoms with Crippen LogP contribution in [0, 0.1) is 6.92 Å². The van der Waals surface area contributed by atoms with Crippen molar-refractivity contribution in [2.24, 2.45) is 0 Å². The molecule has 2 saturated heterocycles. The first-order chi connectivity index (χ1) is 13.8. The molecule has 0 radical (unpaired) electrons. The van der Waals surface area contributed by atoms with E-state index < -0.39 is 11.7 Å². The Hall–Kier alpha value is -1.54. The third kappa shape index (κ3) is 5.34. The quantitative estimate of drug-likeness (QED) is 0.752. The van der Waals surface area contributed by atoms with Gasteiger partial charge in [-0.15, -0.1) is 0 Å².